The highest BCUT2D eigenvalue weighted by atomic mass is 32.2. The molecule has 5 nitrogen and oxygen atoms in total. The van der Waals surface area contributed by atoms with Crippen molar-refractivity contribution >= 4 is 15.8 Å². The van der Waals surface area contributed by atoms with Crippen LogP contribution in [0.1, 0.15) is 15.9 Å². The molecule has 21 heavy (non-hydrogen) atoms. The van der Waals surface area contributed by atoms with Crippen LogP contribution in [0.15, 0.2) is 47.4 Å². The summed E-state index contributed by atoms with van der Waals surface area (Å²) in [5, 5.41) is 9.18. The molecule has 0 radical (unpaired) electrons. The van der Waals surface area contributed by atoms with Gasteiger partial charge < -0.3 is 9.84 Å². The first-order chi connectivity index (χ1) is 9.77. The molecule has 2 rings (SSSR count). The van der Waals surface area contributed by atoms with Gasteiger partial charge in [-0.25, -0.2) is 13.2 Å². The topological polar surface area (TPSA) is 80.7 Å². The molecule has 0 saturated heterocycles. The lowest BCUT2D eigenvalue weighted by atomic mass is 10.1. The van der Waals surface area contributed by atoms with Crippen LogP contribution in [-0.4, -0.2) is 25.7 Å². The van der Waals surface area contributed by atoms with E-state index in [0.717, 1.165) is 11.8 Å². The Bertz CT molecular complexity index is 793. The first-order valence-corrected chi connectivity index (χ1v) is 7.98. The van der Waals surface area contributed by atoms with Gasteiger partial charge in [-0.3, -0.25) is 0 Å². The van der Waals surface area contributed by atoms with E-state index >= 15 is 0 Å². The molecule has 110 valence electrons. The minimum atomic E-state index is -3.35. The van der Waals surface area contributed by atoms with E-state index in [1.54, 1.807) is 31.2 Å². The van der Waals surface area contributed by atoms with Crippen LogP contribution in [0.4, 0.5) is 0 Å². The van der Waals surface area contributed by atoms with Crippen molar-refractivity contribution in [2.75, 3.05) is 6.26 Å². The Morgan fingerprint density at radius 2 is 1.86 bits per heavy atom. The second-order valence-electron chi connectivity index (χ2n) is 4.65. The van der Waals surface area contributed by atoms with Crippen molar-refractivity contribution in [3.63, 3.8) is 0 Å². The molecule has 0 aliphatic rings. The number of aromatic carboxylic acids is 1. The van der Waals surface area contributed by atoms with Gasteiger partial charge in [-0.15, -0.1) is 0 Å². The third kappa shape index (κ3) is 3.61. The Kier molecular flexibility index (Phi) is 3.99. The van der Waals surface area contributed by atoms with Crippen LogP contribution in [0.2, 0.25) is 0 Å². The molecule has 1 N–H and O–H groups in total. The van der Waals surface area contributed by atoms with Gasteiger partial charge in [0.1, 0.15) is 17.1 Å². The number of rotatable bonds is 4. The maximum absolute atomic E-state index is 11.5. The van der Waals surface area contributed by atoms with Crippen molar-refractivity contribution in [3.05, 3.63) is 53.6 Å². The van der Waals surface area contributed by atoms with E-state index in [9.17, 15) is 18.3 Å². The fraction of sp³-hybridized carbons (Fsp3) is 0.133. The highest BCUT2D eigenvalue weighted by molar-refractivity contribution is 7.90. The Morgan fingerprint density at radius 3 is 2.48 bits per heavy atom. The van der Waals surface area contributed by atoms with E-state index in [4.69, 9.17) is 4.74 Å². The minimum Gasteiger partial charge on any atom is -0.478 e. The summed E-state index contributed by atoms with van der Waals surface area (Å²) in [4.78, 5) is 11.3. The molecule has 0 amide bonds. The fourth-order valence-corrected chi connectivity index (χ4v) is 2.45. The second-order valence-corrected chi connectivity index (χ2v) is 6.67. The largest absolute Gasteiger partial charge is 0.478 e. The predicted octanol–water partition coefficient (Wildman–Crippen LogP) is 2.89. The van der Waals surface area contributed by atoms with Gasteiger partial charge in [0.05, 0.1) is 4.90 Å². The zero-order valence-corrected chi connectivity index (χ0v) is 12.3. The number of hydrogen-bond donors (Lipinski definition) is 1. The standard InChI is InChI=1S/C15H14O5S/c1-10-6-7-14(13(8-10)15(16)17)20-11-4-3-5-12(9-11)21(2,18)19/h3-9H,1-2H3,(H,16,17). The van der Waals surface area contributed by atoms with Gasteiger partial charge in [0.15, 0.2) is 9.84 Å². The smallest absolute Gasteiger partial charge is 0.339 e. The lowest BCUT2D eigenvalue weighted by Crippen LogP contribution is -2.01. The van der Waals surface area contributed by atoms with E-state index in [2.05, 4.69) is 0 Å². The van der Waals surface area contributed by atoms with E-state index < -0.39 is 15.8 Å². The SMILES string of the molecule is Cc1ccc(Oc2cccc(S(C)(=O)=O)c2)c(C(=O)O)c1. The van der Waals surface area contributed by atoms with Gasteiger partial charge in [0.25, 0.3) is 0 Å². The lowest BCUT2D eigenvalue weighted by Gasteiger charge is -2.10. The molecule has 0 bridgehead atoms. The molecule has 0 aliphatic heterocycles. The summed E-state index contributed by atoms with van der Waals surface area (Å²) in [7, 11) is -3.35. The molecule has 0 atom stereocenters. The zero-order valence-electron chi connectivity index (χ0n) is 11.5. The average molecular weight is 306 g/mol. The average Bonchev–Trinajstić information content (AvgIpc) is 2.40. The van der Waals surface area contributed by atoms with Gasteiger partial charge in [-0.1, -0.05) is 17.7 Å². The number of carboxylic acids is 1. The van der Waals surface area contributed by atoms with E-state index in [1.165, 1.54) is 18.2 Å². The van der Waals surface area contributed by atoms with Crippen LogP contribution in [-0.2, 0) is 9.84 Å². The number of benzene rings is 2. The van der Waals surface area contributed by atoms with Crippen LogP contribution in [0.25, 0.3) is 0 Å². The summed E-state index contributed by atoms with van der Waals surface area (Å²) in [6, 6.07) is 10.7. The van der Waals surface area contributed by atoms with Crippen molar-refractivity contribution in [2.24, 2.45) is 0 Å². The quantitative estimate of drug-likeness (QED) is 0.939. The Balaban J connectivity index is 2.41. The van der Waals surface area contributed by atoms with Crippen molar-refractivity contribution < 1.29 is 23.1 Å². The van der Waals surface area contributed by atoms with Gasteiger partial charge in [-0.05, 0) is 37.3 Å². The second kappa shape index (κ2) is 5.57. The normalized spacial score (nSPS) is 11.1. The predicted molar refractivity (Wildman–Crippen MR) is 77.8 cm³/mol. The molecule has 0 saturated carbocycles. The minimum absolute atomic E-state index is 0.0276. The lowest BCUT2D eigenvalue weighted by molar-refractivity contribution is 0.0694. The molecule has 0 fully saturated rings. The molecule has 0 heterocycles. The first-order valence-electron chi connectivity index (χ1n) is 6.09. The van der Waals surface area contributed by atoms with Crippen molar-refractivity contribution in [2.45, 2.75) is 11.8 Å². The van der Waals surface area contributed by atoms with Crippen molar-refractivity contribution in [1.29, 1.82) is 0 Å². The maximum atomic E-state index is 11.5. The monoisotopic (exact) mass is 306 g/mol. The third-order valence-corrected chi connectivity index (χ3v) is 3.94. The molecule has 6 heteroatoms. The molecule has 0 aromatic heterocycles. The molecule has 0 spiro atoms. The molecular weight excluding hydrogens is 292 g/mol. The van der Waals surface area contributed by atoms with E-state index in [0.29, 0.717) is 0 Å². The zero-order chi connectivity index (χ0) is 15.6. The first kappa shape index (κ1) is 15.1. The van der Waals surface area contributed by atoms with Crippen molar-refractivity contribution in [1.82, 2.24) is 0 Å². The third-order valence-electron chi connectivity index (χ3n) is 2.83. The number of ether oxygens (including phenoxy) is 1. The summed E-state index contributed by atoms with van der Waals surface area (Å²) in [6.45, 7) is 1.78. The number of sulfone groups is 1. The van der Waals surface area contributed by atoms with Crippen LogP contribution in [0.5, 0.6) is 11.5 Å². The van der Waals surface area contributed by atoms with Gasteiger partial charge in [-0.2, -0.15) is 0 Å². The summed E-state index contributed by atoms with van der Waals surface area (Å²) < 4.78 is 28.5. The Morgan fingerprint density at radius 1 is 1.14 bits per heavy atom. The maximum Gasteiger partial charge on any atom is 0.339 e. The number of hydrogen-bond acceptors (Lipinski definition) is 4. The summed E-state index contributed by atoms with van der Waals surface area (Å²) in [5.74, 6) is -0.670. The molecule has 0 aliphatic carbocycles. The highest BCUT2D eigenvalue weighted by Crippen LogP contribution is 2.27. The highest BCUT2D eigenvalue weighted by Gasteiger charge is 2.13. The fourth-order valence-electron chi connectivity index (χ4n) is 1.80. The summed E-state index contributed by atoms with van der Waals surface area (Å²) >= 11 is 0. The summed E-state index contributed by atoms with van der Waals surface area (Å²) in [5.41, 5.74) is 0.824. The van der Waals surface area contributed by atoms with E-state index in [1.807, 2.05) is 0 Å². The van der Waals surface area contributed by atoms with Crippen molar-refractivity contribution in [3.8, 4) is 11.5 Å². The van der Waals surface area contributed by atoms with Gasteiger partial charge in [0.2, 0.25) is 0 Å². The molecule has 0 unspecified atom stereocenters. The van der Waals surface area contributed by atoms with Gasteiger partial charge in [0, 0.05) is 6.26 Å². The number of carboxylic acid groups (broad SMARTS) is 1. The number of aryl methyl sites for hydroxylation is 1. The summed E-state index contributed by atoms with van der Waals surface area (Å²) in [6.07, 6.45) is 1.10. The van der Waals surface area contributed by atoms with Crippen LogP contribution in [0.3, 0.4) is 0 Å². The Labute approximate surface area is 122 Å². The number of carbonyl (C=O) groups is 1. The van der Waals surface area contributed by atoms with Gasteiger partial charge >= 0.3 is 5.97 Å². The Hall–Kier alpha value is -2.34. The molecular formula is C15H14O5S. The van der Waals surface area contributed by atoms with E-state index in [-0.39, 0.29) is 22.0 Å². The van der Waals surface area contributed by atoms with Crippen LogP contribution < -0.4 is 4.74 Å². The molecule has 2 aromatic carbocycles. The van der Waals surface area contributed by atoms with Crippen LogP contribution in [0, 0.1) is 6.92 Å². The van der Waals surface area contributed by atoms with Crippen LogP contribution >= 0.6 is 0 Å². The molecule has 2 aromatic rings.